The number of nitrogens with zero attached hydrogens (tertiary/aromatic N) is 1. The van der Waals surface area contributed by atoms with Crippen molar-refractivity contribution in [2.45, 2.75) is 32.1 Å². The van der Waals surface area contributed by atoms with Crippen LogP contribution in [0.15, 0.2) is 42.5 Å². The van der Waals surface area contributed by atoms with Gasteiger partial charge in [0.2, 0.25) is 5.91 Å². The van der Waals surface area contributed by atoms with E-state index in [1.165, 1.54) is 18.5 Å². The number of anilines is 3. The maximum Gasteiger partial charge on any atom is 0.255 e. The largest absolute Gasteiger partial charge is 0.372 e. The molecule has 4 rings (SSSR count). The molecule has 0 bridgehead atoms. The van der Waals surface area contributed by atoms with E-state index in [0.29, 0.717) is 11.3 Å². The Bertz CT molecular complexity index is 865. The first-order valence-electron chi connectivity index (χ1n) is 9.07. The summed E-state index contributed by atoms with van der Waals surface area (Å²) in [6, 6.07) is 13.3. The lowest BCUT2D eigenvalue weighted by Gasteiger charge is -2.18. The van der Waals surface area contributed by atoms with E-state index in [1.807, 2.05) is 56.3 Å². The third-order valence-corrected chi connectivity index (χ3v) is 5.37. The first-order chi connectivity index (χ1) is 12.4. The number of benzene rings is 2. The average molecular weight is 349 g/mol. The van der Waals surface area contributed by atoms with Gasteiger partial charge in [-0.05, 0) is 74.7 Å². The van der Waals surface area contributed by atoms with Gasteiger partial charge < -0.3 is 15.5 Å². The highest BCUT2D eigenvalue weighted by molar-refractivity contribution is 6.08. The van der Waals surface area contributed by atoms with Crippen molar-refractivity contribution >= 4 is 28.9 Å². The van der Waals surface area contributed by atoms with Crippen LogP contribution in [0.2, 0.25) is 0 Å². The highest BCUT2D eigenvalue weighted by Crippen LogP contribution is 2.38. The van der Waals surface area contributed by atoms with Crippen LogP contribution < -0.4 is 15.5 Å². The predicted octanol–water partition coefficient (Wildman–Crippen LogP) is 3.77. The number of carbonyl (C=O) groups is 2. The Morgan fingerprint density at radius 3 is 2.46 bits per heavy atom. The van der Waals surface area contributed by atoms with Gasteiger partial charge in [0.1, 0.15) is 0 Å². The van der Waals surface area contributed by atoms with Crippen LogP contribution in [-0.2, 0) is 10.2 Å². The van der Waals surface area contributed by atoms with Crippen LogP contribution in [0, 0.1) is 0 Å². The Balaban J connectivity index is 1.50. The Morgan fingerprint density at radius 2 is 1.77 bits per heavy atom. The lowest BCUT2D eigenvalue weighted by molar-refractivity contribution is -0.119. The fourth-order valence-corrected chi connectivity index (χ4v) is 3.65. The molecular weight excluding hydrogens is 326 g/mol. The predicted molar refractivity (Wildman–Crippen MR) is 104 cm³/mol. The number of rotatable bonds is 3. The van der Waals surface area contributed by atoms with Gasteiger partial charge in [0.25, 0.3) is 5.91 Å². The standard InChI is InChI=1S/C21H23N3O2/c1-21(2)17-13-15(7-10-18(17)23-20(21)26)22-19(25)14-5-8-16(9-6-14)24-11-3-4-12-24/h5-10,13H,3-4,11-12H2,1-2H3,(H,22,25)(H,23,26). The van der Waals surface area contributed by atoms with E-state index >= 15 is 0 Å². The minimum atomic E-state index is -0.590. The van der Waals surface area contributed by atoms with E-state index in [2.05, 4.69) is 15.5 Å². The topological polar surface area (TPSA) is 61.4 Å². The molecule has 0 aromatic heterocycles. The number of carbonyl (C=O) groups excluding carboxylic acids is 2. The summed E-state index contributed by atoms with van der Waals surface area (Å²) >= 11 is 0. The fraction of sp³-hybridized carbons (Fsp3) is 0.333. The van der Waals surface area contributed by atoms with Crippen molar-refractivity contribution in [2.75, 3.05) is 28.6 Å². The fourth-order valence-electron chi connectivity index (χ4n) is 3.65. The maximum atomic E-state index is 12.6. The lowest BCUT2D eigenvalue weighted by atomic mass is 9.86. The van der Waals surface area contributed by atoms with Crippen molar-refractivity contribution in [3.8, 4) is 0 Å². The van der Waals surface area contributed by atoms with Crippen molar-refractivity contribution in [3.05, 3.63) is 53.6 Å². The molecule has 2 aromatic rings. The zero-order chi connectivity index (χ0) is 18.3. The Hall–Kier alpha value is -2.82. The Morgan fingerprint density at radius 1 is 1.08 bits per heavy atom. The normalized spacial score (nSPS) is 17.8. The third-order valence-electron chi connectivity index (χ3n) is 5.37. The van der Waals surface area contributed by atoms with Crippen LogP contribution in [0.1, 0.15) is 42.6 Å². The summed E-state index contributed by atoms with van der Waals surface area (Å²) in [6.45, 7) is 5.94. The molecule has 2 aromatic carbocycles. The number of hydrogen-bond donors (Lipinski definition) is 2. The summed E-state index contributed by atoms with van der Waals surface area (Å²) in [5.41, 5.74) is 3.62. The molecule has 0 spiro atoms. The molecule has 0 radical (unpaired) electrons. The quantitative estimate of drug-likeness (QED) is 0.887. The monoisotopic (exact) mass is 349 g/mol. The lowest BCUT2D eigenvalue weighted by Crippen LogP contribution is -2.26. The molecule has 0 unspecified atom stereocenters. The van der Waals surface area contributed by atoms with Gasteiger partial charge in [-0.25, -0.2) is 0 Å². The average Bonchev–Trinajstić information content (AvgIpc) is 3.24. The SMILES string of the molecule is CC1(C)C(=O)Nc2ccc(NC(=O)c3ccc(N4CCCC4)cc3)cc21. The van der Waals surface area contributed by atoms with Gasteiger partial charge in [0.15, 0.2) is 0 Å². The molecule has 1 saturated heterocycles. The molecule has 0 atom stereocenters. The minimum absolute atomic E-state index is 0.0199. The Kier molecular flexibility index (Phi) is 3.94. The van der Waals surface area contributed by atoms with E-state index in [4.69, 9.17) is 0 Å². The zero-order valence-corrected chi connectivity index (χ0v) is 15.1. The van der Waals surface area contributed by atoms with Crippen molar-refractivity contribution in [3.63, 3.8) is 0 Å². The number of amides is 2. The van der Waals surface area contributed by atoms with E-state index < -0.39 is 5.41 Å². The highest BCUT2D eigenvalue weighted by Gasteiger charge is 2.38. The van der Waals surface area contributed by atoms with Crippen LogP contribution in [-0.4, -0.2) is 24.9 Å². The van der Waals surface area contributed by atoms with Gasteiger partial charge in [0, 0.05) is 35.7 Å². The van der Waals surface area contributed by atoms with E-state index in [-0.39, 0.29) is 11.8 Å². The molecule has 0 saturated carbocycles. The van der Waals surface area contributed by atoms with Crippen LogP contribution in [0.5, 0.6) is 0 Å². The zero-order valence-electron chi connectivity index (χ0n) is 15.1. The van der Waals surface area contributed by atoms with Crippen molar-refractivity contribution in [2.24, 2.45) is 0 Å². The molecule has 5 heteroatoms. The molecule has 2 aliphatic heterocycles. The molecule has 0 aliphatic carbocycles. The molecule has 2 heterocycles. The van der Waals surface area contributed by atoms with E-state index in [9.17, 15) is 9.59 Å². The molecule has 1 fully saturated rings. The van der Waals surface area contributed by atoms with Crippen molar-refractivity contribution in [1.29, 1.82) is 0 Å². The number of hydrogen-bond acceptors (Lipinski definition) is 3. The summed E-state index contributed by atoms with van der Waals surface area (Å²) in [5.74, 6) is -0.165. The smallest absolute Gasteiger partial charge is 0.255 e. The molecular formula is C21H23N3O2. The maximum absolute atomic E-state index is 12.6. The summed E-state index contributed by atoms with van der Waals surface area (Å²) < 4.78 is 0. The van der Waals surface area contributed by atoms with E-state index in [0.717, 1.165) is 24.3 Å². The van der Waals surface area contributed by atoms with Gasteiger partial charge in [0.05, 0.1) is 5.41 Å². The summed E-state index contributed by atoms with van der Waals surface area (Å²) in [6.07, 6.45) is 2.46. The van der Waals surface area contributed by atoms with Crippen LogP contribution in [0.3, 0.4) is 0 Å². The van der Waals surface area contributed by atoms with E-state index in [1.54, 1.807) is 0 Å². The van der Waals surface area contributed by atoms with Gasteiger partial charge >= 0.3 is 0 Å². The van der Waals surface area contributed by atoms with Gasteiger partial charge in [-0.1, -0.05) is 0 Å². The second kappa shape index (κ2) is 6.16. The van der Waals surface area contributed by atoms with Crippen LogP contribution in [0.4, 0.5) is 17.1 Å². The van der Waals surface area contributed by atoms with Crippen molar-refractivity contribution in [1.82, 2.24) is 0 Å². The molecule has 134 valence electrons. The second-order valence-electron chi connectivity index (χ2n) is 7.53. The van der Waals surface area contributed by atoms with Crippen molar-refractivity contribution < 1.29 is 9.59 Å². The molecule has 2 N–H and O–H groups in total. The first kappa shape index (κ1) is 16.6. The molecule has 26 heavy (non-hydrogen) atoms. The second-order valence-corrected chi connectivity index (χ2v) is 7.53. The van der Waals surface area contributed by atoms with Gasteiger partial charge in [-0.15, -0.1) is 0 Å². The highest BCUT2D eigenvalue weighted by atomic mass is 16.2. The van der Waals surface area contributed by atoms with Crippen LogP contribution >= 0.6 is 0 Å². The Labute approximate surface area is 153 Å². The molecule has 2 aliphatic rings. The van der Waals surface area contributed by atoms with Crippen LogP contribution in [0.25, 0.3) is 0 Å². The summed E-state index contributed by atoms with van der Waals surface area (Å²) in [5, 5.41) is 5.81. The summed E-state index contributed by atoms with van der Waals surface area (Å²) in [4.78, 5) is 27.0. The first-order valence-corrected chi connectivity index (χ1v) is 9.07. The molecule has 2 amide bonds. The third kappa shape index (κ3) is 2.83. The molecule has 5 nitrogen and oxygen atoms in total. The van der Waals surface area contributed by atoms with Gasteiger partial charge in [-0.2, -0.15) is 0 Å². The number of nitrogens with one attached hydrogen (secondary N) is 2. The number of fused-ring (bicyclic) bond motifs is 1. The summed E-state index contributed by atoms with van der Waals surface area (Å²) in [7, 11) is 0. The minimum Gasteiger partial charge on any atom is -0.372 e. The van der Waals surface area contributed by atoms with Gasteiger partial charge in [-0.3, -0.25) is 9.59 Å².